The highest BCUT2D eigenvalue weighted by Crippen LogP contribution is 2.46. The maximum absolute atomic E-state index is 6.80. The Labute approximate surface area is 339 Å². The van der Waals surface area contributed by atoms with Gasteiger partial charge >= 0.3 is 0 Å². The summed E-state index contributed by atoms with van der Waals surface area (Å²) in [5.41, 5.74) is 17.7. The minimum atomic E-state index is 0.731. The van der Waals surface area contributed by atoms with Crippen molar-refractivity contribution in [1.82, 2.24) is 23.8 Å². The highest BCUT2D eigenvalue weighted by atomic mass is 16.5. The monoisotopic (exact) mass is 759 g/mol. The Morgan fingerprint density at radius 1 is 0.407 bits per heavy atom. The summed E-state index contributed by atoms with van der Waals surface area (Å²) in [5.74, 6) is 1.47. The second-order valence-electron chi connectivity index (χ2n) is 15.8. The number of aryl methyl sites for hydroxylation is 4. The summed E-state index contributed by atoms with van der Waals surface area (Å²) in [6.45, 7) is 8.91. The minimum Gasteiger partial charge on any atom is -0.457 e. The van der Waals surface area contributed by atoms with E-state index in [1.54, 1.807) is 0 Å². The smallest absolute Gasteiger partial charge is 0.147 e. The van der Waals surface area contributed by atoms with Gasteiger partial charge < -0.3 is 4.74 Å². The quantitative estimate of drug-likeness (QED) is 0.168. The van der Waals surface area contributed by atoms with E-state index in [-0.39, 0.29) is 0 Å². The number of hydrogen-bond donors (Lipinski definition) is 0. The molecular formula is C53H37N5O. The maximum Gasteiger partial charge on any atom is 0.147 e. The van der Waals surface area contributed by atoms with Gasteiger partial charge in [-0.2, -0.15) is 0 Å². The van der Waals surface area contributed by atoms with Crippen molar-refractivity contribution < 1.29 is 4.74 Å². The van der Waals surface area contributed by atoms with Crippen molar-refractivity contribution in [3.63, 3.8) is 0 Å². The van der Waals surface area contributed by atoms with Crippen LogP contribution >= 0.6 is 0 Å². The third-order valence-corrected chi connectivity index (χ3v) is 12.3. The number of rotatable bonds is 4. The molecule has 0 aliphatic heterocycles. The first-order chi connectivity index (χ1) is 28.9. The Morgan fingerprint density at radius 2 is 0.949 bits per heavy atom. The number of hydrogen-bond acceptors (Lipinski definition) is 4. The van der Waals surface area contributed by atoms with Crippen LogP contribution in [0.2, 0.25) is 0 Å². The molecule has 5 aromatic heterocycles. The van der Waals surface area contributed by atoms with Gasteiger partial charge in [0, 0.05) is 33.3 Å². The van der Waals surface area contributed by atoms with Crippen LogP contribution < -0.4 is 4.74 Å². The first-order valence-electron chi connectivity index (χ1n) is 20.1. The van der Waals surface area contributed by atoms with E-state index in [9.17, 15) is 0 Å². The minimum absolute atomic E-state index is 0.731. The molecule has 0 aliphatic carbocycles. The van der Waals surface area contributed by atoms with Crippen molar-refractivity contribution in [2.24, 2.45) is 0 Å². The van der Waals surface area contributed by atoms with Crippen molar-refractivity contribution in [3.05, 3.63) is 174 Å². The van der Waals surface area contributed by atoms with Crippen LogP contribution in [0.15, 0.2) is 152 Å². The molecule has 12 rings (SSSR count). The van der Waals surface area contributed by atoms with Crippen molar-refractivity contribution in [3.8, 4) is 33.8 Å². The highest BCUT2D eigenvalue weighted by molar-refractivity contribution is 6.20. The Bertz CT molecular complexity index is 3720. The molecule has 0 radical (unpaired) electrons. The largest absolute Gasteiger partial charge is 0.457 e. The highest BCUT2D eigenvalue weighted by Gasteiger charge is 2.24. The molecule has 0 bridgehead atoms. The Morgan fingerprint density at radius 3 is 1.59 bits per heavy atom. The van der Waals surface area contributed by atoms with Crippen molar-refractivity contribution in [1.29, 1.82) is 0 Å². The molecular weight excluding hydrogens is 723 g/mol. The third-order valence-electron chi connectivity index (χ3n) is 12.3. The van der Waals surface area contributed by atoms with Crippen molar-refractivity contribution in [2.75, 3.05) is 0 Å². The lowest BCUT2D eigenvalue weighted by Gasteiger charge is -2.22. The van der Waals surface area contributed by atoms with Crippen LogP contribution in [0, 0.1) is 27.7 Å². The van der Waals surface area contributed by atoms with Gasteiger partial charge in [0.2, 0.25) is 0 Å². The molecule has 280 valence electrons. The van der Waals surface area contributed by atoms with Crippen LogP contribution in [0.1, 0.15) is 22.3 Å². The molecule has 7 aromatic carbocycles. The van der Waals surface area contributed by atoms with Crippen LogP contribution in [-0.2, 0) is 0 Å². The molecule has 6 nitrogen and oxygen atoms in total. The molecule has 0 amide bonds. The lowest BCUT2D eigenvalue weighted by molar-refractivity contribution is 0.484. The molecule has 0 aliphatic rings. The van der Waals surface area contributed by atoms with E-state index in [2.05, 4.69) is 158 Å². The second-order valence-corrected chi connectivity index (χ2v) is 15.8. The van der Waals surface area contributed by atoms with Gasteiger partial charge in [-0.15, -0.1) is 0 Å². The summed E-state index contributed by atoms with van der Waals surface area (Å²) in [6, 6.07) is 51.4. The fourth-order valence-corrected chi connectivity index (χ4v) is 9.74. The topological polar surface area (TPSA) is 56.7 Å². The van der Waals surface area contributed by atoms with Crippen molar-refractivity contribution >= 4 is 76.8 Å². The van der Waals surface area contributed by atoms with Crippen LogP contribution in [-0.4, -0.2) is 23.8 Å². The molecule has 0 N–H and O–H groups in total. The number of aromatic nitrogens is 5. The summed E-state index contributed by atoms with van der Waals surface area (Å²) in [5, 5.41) is 6.47. The molecule has 5 heterocycles. The molecule has 0 atom stereocenters. The van der Waals surface area contributed by atoms with Gasteiger partial charge in [0.1, 0.15) is 28.4 Å². The number of para-hydroxylation sites is 4. The Balaban J connectivity index is 1.12. The van der Waals surface area contributed by atoms with Gasteiger partial charge in [0.05, 0.1) is 27.6 Å². The molecule has 0 saturated heterocycles. The number of imidazole rings is 2. The number of pyridine rings is 3. The maximum atomic E-state index is 6.80. The standard InChI is InChI=1S/C53H37N5O/c1-30-12-9-13-31(2)47(30)40-26-25-38-36-23-21-34(28-41(36)52-55-43-17-5-7-19-45(43)57(52)50(38)49(40)48-32(3)14-10-15-33(48)4)59-35-22-24-37-39-16-11-27-54-51(39)58-46-20-8-6-18-44(46)56-53(58)42(37)29-35/h5-29H,1-4H3. The number of benzene rings is 7. The van der Waals surface area contributed by atoms with Gasteiger partial charge in [-0.1, -0.05) is 72.8 Å². The zero-order chi connectivity index (χ0) is 39.5. The Kier molecular flexibility index (Phi) is 7.09. The molecule has 0 spiro atoms. The van der Waals surface area contributed by atoms with E-state index in [0.717, 1.165) is 88.3 Å². The summed E-state index contributed by atoms with van der Waals surface area (Å²) >= 11 is 0. The fraction of sp³-hybridized carbons (Fsp3) is 0.0755. The normalized spacial score (nSPS) is 12.1. The summed E-state index contributed by atoms with van der Waals surface area (Å²) < 4.78 is 11.4. The van der Waals surface area contributed by atoms with Crippen LogP contribution in [0.4, 0.5) is 0 Å². The summed E-state index contributed by atoms with van der Waals surface area (Å²) in [4.78, 5) is 15.3. The van der Waals surface area contributed by atoms with E-state index in [1.807, 2.05) is 30.5 Å². The van der Waals surface area contributed by atoms with Gasteiger partial charge in [-0.05, 0) is 150 Å². The zero-order valence-corrected chi connectivity index (χ0v) is 33.1. The average molecular weight is 760 g/mol. The van der Waals surface area contributed by atoms with Gasteiger partial charge in [0.25, 0.3) is 0 Å². The number of fused-ring (bicyclic) bond motifs is 16. The number of ether oxygens (including phenoxy) is 1. The van der Waals surface area contributed by atoms with Crippen molar-refractivity contribution in [2.45, 2.75) is 27.7 Å². The van der Waals surface area contributed by atoms with Crippen LogP contribution in [0.3, 0.4) is 0 Å². The predicted molar refractivity (Wildman–Crippen MR) is 243 cm³/mol. The molecule has 12 aromatic rings. The SMILES string of the molecule is Cc1cccc(C)c1-c1ccc2c3ccc(Oc4ccc5c6cccnc6n6c7ccccc7nc6c5c4)cc3c3nc4ccccc4n3c2c1-c1c(C)cccc1C. The molecule has 59 heavy (non-hydrogen) atoms. The third kappa shape index (κ3) is 4.83. The predicted octanol–water partition coefficient (Wildman–Crippen LogP) is 13.7. The first-order valence-corrected chi connectivity index (χ1v) is 20.1. The lowest BCUT2D eigenvalue weighted by Crippen LogP contribution is -2.00. The van der Waals surface area contributed by atoms with E-state index in [1.165, 1.54) is 44.5 Å². The summed E-state index contributed by atoms with van der Waals surface area (Å²) in [6.07, 6.45) is 1.84. The fourth-order valence-electron chi connectivity index (χ4n) is 9.74. The number of nitrogens with zero attached hydrogens (tertiary/aromatic N) is 5. The van der Waals surface area contributed by atoms with Crippen LogP contribution in [0.5, 0.6) is 11.5 Å². The van der Waals surface area contributed by atoms with Gasteiger partial charge in [-0.25, -0.2) is 15.0 Å². The molecule has 6 heteroatoms. The van der Waals surface area contributed by atoms with E-state index in [4.69, 9.17) is 19.7 Å². The van der Waals surface area contributed by atoms with Crippen LogP contribution in [0.25, 0.3) is 99.1 Å². The van der Waals surface area contributed by atoms with E-state index >= 15 is 0 Å². The van der Waals surface area contributed by atoms with E-state index < -0.39 is 0 Å². The molecule has 0 saturated carbocycles. The second kappa shape index (κ2) is 12.5. The van der Waals surface area contributed by atoms with E-state index in [0.29, 0.717) is 0 Å². The summed E-state index contributed by atoms with van der Waals surface area (Å²) in [7, 11) is 0. The molecule has 0 unspecified atom stereocenters. The lowest BCUT2D eigenvalue weighted by atomic mass is 9.84. The van der Waals surface area contributed by atoms with Gasteiger partial charge in [-0.3, -0.25) is 8.80 Å². The zero-order valence-electron chi connectivity index (χ0n) is 33.1. The van der Waals surface area contributed by atoms with Gasteiger partial charge in [0.15, 0.2) is 0 Å². The Hall–Kier alpha value is -7.57. The first kappa shape index (κ1) is 33.6. The average Bonchev–Trinajstić information content (AvgIpc) is 3.84. The molecule has 0 fully saturated rings.